The molecule has 0 radical (unpaired) electrons. The summed E-state index contributed by atoms with van der Waals surface area (Å²) in [5, 5.41) is 2.74. The summed E-state index contributed by atoms with van der Waals surface area (Å²) >= 11 is 0. The number of benzene rings is 2. The van der Waals surface area contributed by atoms with Gasteiger partial charge in [-0.3, -0.25) is 14.4 Å². The van der Waals surface area contributed by atoms with E-state index in [4.69, 9.17) is 9.47 Å². The molecule has 2 N–H and O–H groups in total. The molecule has 32 heavy (non-hydrogen) atoms. The highest BCUT2D eigenvalue weighted by Crippen LogP contribution is 2.32. The zero-order valence-electron chi connectivity index (χ0n) is 17.9. The van der Waals surface area contributed by atoms with Crippen LogP contribution < -0.4 is 20.3 Å². The van der Waals surface area contributed by atoms with Crippen molar-refractivity contribution in [1.29, 1.82) is 0 Å². The number of ketones is 1. The van der Waals surface area contributed by atoms with Crippen molar-refractivity contribution in [2.45, 2.75) is 25.3 Å². The molecular weight excluding hydrogens is 408 g/mol. The first-order valence-electron chi connectivity index (χ1n) is 10.3. The molecule has 0 saturated heterocycles. The summed E-state index contributed by atoms with van der Waals surface area (Å²) in [4.78, 5) is 40.8. The fourth-order valence-electron chi connectivity index (χ4n) is 3.93. The summed E-state index contributed by atoms with van der Waals surface area (Å²) in [6, 6.07) is 16.3. The minimum atomic E-state index is -0.519. The molecule has 2 aromatic carbocycles. The van der Waals surface area contributed by atoms with Gasteiger partial charge in [0.05, 0.1) is 14.2 Å². The molecule has 0 bridgehead atoms. The third-order valence-corrected chi connectivity index (χ3v) is 5.75. The van der Waals surface area contributed by atoms with Gasteiger partial charge < -0.3 is 19.8 Å². The first kappa shape index (κ1) is 21.4. The lowest BCUT2D eigenvalue weighted by atomic mass is 9.81. The Morgan fingerprint density at radius 3 is 2.22 bits per heavy atom. The Labute approximate surface area is 185 Å². The highest BCUT2D eigenvalue weighted by atomic mass is 16.5. The number of aromatic amines is 1. The number of hydrogen-bond acceptors (Lipinski definition) is 5. The smallest absolute Gasteiger partial charge is 0.261 e. The molecule has 7 heteroatoms. The molecule has 0 aliphatic heterocycles. The van der Waals surface area contributed by atoms with Crippen molar-refractivity contribution in [2.24, 2.45) is 0 Å². The minimum Gasteiger partial charge on any atom is -0.497 e. The van der Waals surface area contributed by atoms with Gasteiger partial charge in [0, 0.05) is 24.2 Å². The van der Waals surface area contributed by atoms with Crippen LogP contribution in [0, 0.1) is 0 Å². The summed E-state index contributed by atoms with van der Waals surface area (Å²) in [5.74, 6) is 0.821. The van der Waals surface area contributed by atoms with Crippen molar-refractivity contribution in [3.05, 3.63) is 92.9 Å². The van der Waals surface area contributed by atoms with Crippen LogP contribution in [-0.4, -0.2) is 30.9 Å². The largest absolute Gasteiger partial charge is 0.497 e. The normalized spacial score (nSPS) is 15.1. The number of fused-ring (bicyclic) bond motifs is 1. The highest BCUT2D eigenvalue weighted by Gasteiger charge is 2.28. The zero-order valence-corrected chi connectivity index (χ0v) is 17.9. The number of rotatable bonds is 6. The van der Waals surface area contributed by atoms with Gasteiger partial charge in [-0.15, -0.1) is 0 Å². The molecule has 1 aliphatic carbocycles. The van der Waals surface area contributed by atoms with Crippen molar-refractivity contribution in [1.82, 2.24) is 10.3 Å². The molecule has 1 aliphatic rings. The summed E-state index contributed by atoms with van der Waals surface area (Å²) in [7, 11) is 3.19. The summed E-state index contributed by atoms with van der Waals surface area (Å²) in [6.45, 7) is 0.257. The molecule has 3 aromatic rings. The maximum Gasteiger partial charge on any atom is 0.261 e. The first-order chi connectivity index (χ1) is 15.5. The number of nitrogens with one attached hydrogen (secondary N) is 2. The average Bonchev–Trinajstić information content (AvgIpc) is 2.82. The number of aromatic nitrogens is 1. The van der Waals surface area contributed by atoms with Crippen molar-refractivity contribution in [2.75, 3.05) is 14.2 Å². The maximum atomic E-state index is 12.8. The first-order valence-corrected chi connectivity index (χ1v) is 10.3. The van der Waals surface area contributed by atoms with Gasteiger partial charge in [-0.25, -0.2) is 0 Å². The van der Waals surface area contributed by atoms with E-state index in [1.54, 1.807) is 26.4 Å². The number of amides is 1. The van der Waals surface area contributed by atoms with E-state index in [1.807, 2.05) is 36.4 Å². The molecule has 0 spiro atoms. The predicted molar refractivity (Wildman–Crippen MR) is 120 cm³/mol. The van der Waals surface area contributed by atoms with Crippen LogP contribution >= 0.6 is 0 Å². The van der Waals surface area contributed by atoms with Gasteiger partial charge in [-0.2, -0.15) is 0 Å². The molecule has 1 amide bonds. The van der Waals surface area contributed by atoms with E-state index in [-0.39, 0.29) is 23.8 Å². The van der Waals surface area contributed by atoms with Gasteiger partial charge in [0.15, 0.2) is 5.78 Å². The Balaban J connectivity index is 1.50. The fraction of sp³-hybridized carbons (Fsp3) is 0.240. The number of pyridine rings is 1. The SMILES string of the molecule is COc1ccc(CNC(=O)c2cc3c([nH]c2=O)C[C@H](c2ccc(OC)cc2)CC3=O)cc1. The lowest BCUT2D eigenvalue weighted by Gasteiger charge is -2.24. The topological polar surface area (TPSA) is 97.5 Å². The number of ether oxygens (including phenoxy) is 2. The monoisotopic (exact) mass is 432 g/mol. The molecule has 4 rings (SSSR count). The van der Waals surface area contributed by atoms with Crippen molar-refractivity contribution < 1.29 is 19.1 Å². The Morgan fingerprint density at radius 1 is 0.969 bits per heavy atom. The van der Waals surface area contributed by atoms with Crippen LogP contribution in [0.5, 0.6) is 11.5 Å². The van der Waals surface area contributed by atoms with Crippen LogP contribution in [0.3, 0.4) is 0 Å². The van der Waals surface area contributed by atoms with Gasteiger partial charge in [-0.1, -0.05) is 24.3 Å². The van der Waals surface area contributed by atoms with Gasteiger partial charge >= 0.3 is 0 Å². The van der Waals surface area contributed by atoms with Crippen molar-refractivity contribution in [3.63, 3.8) is 0 Å². The fourth-order valence-corrected chi connectivity index (χ4v) is 3.93. The number of carbonyl (C=O) groups excluding carboxylic acids is 2. The number of H-pyrrole nitrogens is 1. The molecule has 1 heterocycles. The van der Waals surface area contributed by atoms with Gasteiger partial charge in [-0.05, 0) is 53.8 Å². The predicted octanol–water partition coefficient (Wildman–Crippen LogP) is 3.23. The van der Waals surface area contributed by atoms with Crippen LogP contribution in [0.1, 0.15) is 49.9 Å². The van der Waals surface area contributed by atoms with Crippen LogP contribution in [0.4, 0.5) is 0 Å². The van der Waals surface area contributed by atoms with Gasteiger partial charge in [0.25, 0.3) is 11.5 Å². The average molecular weight is 432 g/mol. The number of methoxy groups -OCH3 is 2. The van der Waals surface area contributed by atoms with Crippen LogP contribution in [-0.2, 0) is 13.0 Å². The molecule has 1 atom stereocenters. The summed E-state index contributed by atoms with van der Waals surface area (Å²) in [5.41, 5.74) is 2.29. The molecule has 0 fully saturated rings. The second kappa shape index (κ2) is 9.09. The molecular formula is C25H24N2O5. The van der Waals surface area contributed by atoms with E-state index < -0.39 is 11.5 Å². The number of carbonyl (C=O) groups is 2. The van der Waals surface area contributed by atoms with Gasteiger partial charge in [0.1, 0.15) is 17.1 Å². The third kappa shape index (κ3) is 4.42. The minimum absolute atomic E-state index is 0.0358. The van der Waals surface area contributed by atoms with E-state index in [1.165, 1.54) is 6.07 Å². The Kier molecular flexibility index (Phi) is 6.07. The van der Waals surface area contributed by atoms with E-state index >= 15 is 0 Å². The lowest BCUT2D eigenvalue weighted by molar-refractivity contribution is 0.0949. The standard InChI is InChI=1S/C25H24N2O5/c1-31-18-7-3-15(4-8-18)14-26-24(29)21-13-20-22(27-25(21)30)11-17(12-23(20)28)16-5-9-19(32-2)10-6-16/h3-10,13,17H,11-12,14H2,1-2H3,(H,26,29)(H,27,30)/t17-/m0/s1. The quantitative estimate of drug-likeness (QED) is 0.623. The molecule has 164 valence electrons. The maximum absolute atomic E-state index is 12.8. The number of Topliss-reactive ketones (excluding diaryl/α,β-unsaturated/α-hetero) is 1. The second-order valence-corrected chi connectivity index (χ2v) is 7.74. The lowest BCUT2D eigenvalue weighted by Crippen LogP contribution is -2.32. The third-order valence-electron chi connectivity index (χ3n) is 5.75. The van der Waals surface area contributed by atoms with Crippen molar-refractivity contribution in [3.8, 4) is 11.5 Å². The van der Waals surface area contributed by atoms with Crippen molar-refractivity contribution >= 4 is 11.7 Å². The van der Waals surface area contributed by atoms with E-state index in [2.05, 4.69) is 10.3 Å². The van der Waals surface area contributed by atoms with E-state index in [9.17, 15) is 14.4 Å². The Morgan fingerprint density at radius 2 is 1.59 bits per heavy atom. The van der Waals surface area contributed by atoms with E-state index in [0.29, 0.717) is 24.1 Å². The molecule has 1 aromatic heterocycles. The van der Waals surface area contributed by atoms with Crippen LogP contribution in [0.2, 0.25) is 0 Å². The Bertz CT molecular complexity index is 1200. The van der Waals surface area contributed by atoms with Crippen LogP contribution in [0.15, 0.2) is 59.4 Å². The summed E-state index contributed by atoms with van der Waals surface area (Å²) in [6.07, 6.45) is 0.842. The molecule has 0 saturated carbocycles. The number of hydrogen-bond donors (Lipinski definition) is 2. The molecule has 7 nitrogen and oxygen atoms in total. The Hall–Kier alpha value is -3.87. The summed E-state index contributed by atoms with van der Waals surface area (Å²) < 4.78 is 10.3. The molecule has 0 unspecified atom stereocenters. The highest BCUT2D eigenvalue weighted by molar-refractivity contribution is 6.02. The van der Waals surface area contributed by atoms with Gasteiger partial charge in [0.2, 0.25) is 0 Å². The van der Waals surface area contributed by atoms with Crippen LogP contribution in [0.25, 0.3) is 0 Å². The zero-order chi connectivity index (χ0) is 22.7. The second-order valence-electron chi connectivity index (χ2n) is 7.74. The van der Waals surface area contributed by atoms with E-state index in [0.717, 1.165) is 22.6 Å².